The molecule has 0 spiro atoms. The van der Waals surface area contributed by atoms with Crippen LogP contribution in [0.2, 0.25) is 0 Å². The first-order chi connectivity index (χ1) is 8.65. The van der Waals surface area contributed by atoms with Crippen molar-refractivity contribution in [2.75, 3.05) is 25.0 Å². The predicted molar refractivity (Wildman–Crippen MR) is 65.3 cm³/mol. The van der Waals surface area contributed by atoms with Crippen molar-refractivity contribution in [2.24, 2.45) is 0 Å². The van der Waals surface area contributed by atoms with Crippen LogP contribution in [0.15, 0.2) is 12.3 Å². The van der Waals surface area contributed by atoms with Crippen molar-refractivity contribution in [3.8, 4) is 6.07 Å². The minimum absolute atomic E-state index is 0.0443. The largest absolute Gasteiger partial charge is 0.350 e. The molecule has 2 rings (SSSR count). The van der Waals surface area contributed by atoms with Gasteiger partial charge in [-0.2, -0.15) is 5.26 Å². The Hall–Kier alpha value is -2.20. The number of aromatic nitrogens is 1. The molecule has 1 saturated heterocycles. The summed E-state index contributed by atoms with van der Waals surface area (Å²) in [6.45, 7) is 1.66. The molecule has 1 fully saturated rings. The van der Waals surface area contributed by atoms with Crippen molar-refractivity contribution in [3.63, 3.8) is 0 Å². The Labute approximate surface area is 104 Å². The first kappa shape index (κ1) is 12.3. The van der Waals surface area contributed by atoms with Crippen LogP contribution in [0.4, 0.5) is 11.5 Å². The van der Waals surface area contributed by atoms with Gasteiger partial charge in [0.05, 0.1) is 4.92 Å². The number of pyridine rings is 1. The third-order valence-corrected chi connectivity index (χ3v) is 3.12. The molecule has 1 aliphatic heterocycles. The summed E-state index contributed by atoms with van der Waals surface area (Å²) in [5, 5.41) is 23.2. The summed E-state index contributed by atoms with van der Waals surface area (Å²) in [4.78, 5) is 16.4. The van der Waals surface area contributed by atoms with E-state index in [2.05, 4.69) is 10.3 Å². The van der Waals surface area contributed by atoms with E-state index in [1.165, 1.54) is 12.3 Å². The van der Waals surface area contributed by atoms with Gasteiger partial charge in [0.15, 0.2) is 0 Å². The topological polar surface area (TPSA) is 95.1 Å². The molecule has 0 aliphatic carbocycles. The third-order valence-electron chi connectivity index (χ3n) is 3.12. The molecular formula is C11H13N5O2. The number of hydrogen-bond acceptors (Lipinski definition) is 6. The molecule has 18 heavy (non-hydrogen) atoms. The van der Waals surface area contributed by atoms with Gasteiger partial charge in [-0.1, -0.05) is 0 Å². The maximum Gasteiger partial charge on any atom is 0.329 e. The summed E-state index contributed by atoms with van der Waals surface area (Å²) in [7, 11) is 1.77. The van der Waals surface area contributed by atoms with Crippen molar-refractivity contribution in [2.45, 2.75) is 12.5 Å². The normalized spacial score (nSPS) is 18.3. The van der Waals surface area contributed by atoms with Crippen LogP contribution in [0.5, 0.6) is 0 Å². The maximum atomic E-state index is 11.1. The Morgan fingerprint density at radius 3 is 3.06 bits per heavy atom. The number of hydrogen-bond donors (Lipinski definition) is 1. The molecule has 1 aromatic heterocycles. The summed E-state index contributed by atoms with van der Waals surface area (Å²) in [6, 6.07) is 3.37. The summed E-state index contributed by atoms with van der Waals surface area (Å²) in [5.41, 5.74) is -0.169. The molecule has 0 bridgehead atoms. The fourth-order valence-electron chi connectivity index (χ4n) is 2.11. The fourth-order valence-corrected chi connectivity index (χ4v) is 2.11. The van der Waals surface area contributed by atoms with Crippen molar-refractivity contribution in [1.29, 1.82) is 5.26 Å². The molecule has 94 valence electrons. The number of rotatable bonds is 3. The van der Waals surface area contributed by atoms with E-state index in [0.717, 1.165) is 19.5 Å². The quantitative estimate of drug-likeness (QED) is 0.622. The van der Waals surface area contributed by atoms with E-state index >= 15 is 0 Å². The number of nitro groups is 1. The highest BCUT2D eigenvalue weighted by atomic mass is 16.6. The van der Waals surface area contributed by atoms with E-state index < -0.39 is 4.92 Å². The van der Waals surface area contributed by atoms with E-state index in [4.69, 9.17) is 5.26 Å². The predicted octanol–water partition coefficient (Wildman–Crippen LogP) is 0.660. The minimum atomic E-state index is -0.542. The van der Waals surface area contributed by atoms with Gasteiger partial charge in [0.2, 0.25) is 5.82 Å². The van der Waals surface area contributed by atoms with Crippen molar-refractivity contribution in [1.82, 2.24) is 10.3 Å². The fraction of sp³-hybridized carbons (Fsp3) is 0.455. The summed E-state index contributed by atoms with van der Waals surface area (Å²) < 4.78 is 0. The van der Waals surface area contributed by atoms with E-state index in [0.29, 0.717) is 0 Å². The second-order valence-corrected chi connectivity index (χ2v) is 4.16. The van der Waals surface area contributed by atoms with Crippen LogP contribution < -0.4 is 10.2 Å². The van der Waals surface area contributed by atoms with Gasteiger partial charge in [-0.15, -0.1) is 0 Å². The van der Waals surface area contributed by atoms with Crippen LogP contribution >= 0.6 is 0 Å². The molecule has 1 aromatic rings. The van der Waals surface area contributed by atoms with Gasteiger partial charge in [-0.3, -0.25) is 10.1 Å². The molecule has 1 aliphatic rings. The second-order valence-electron chi connectivity index (χ2n) is 4.16. The van der Waals surface area contributed by atoms with E-state index in [-0.39, 0.29) is 23.1 Å². The lowest BCUT2D eigenvalue weighted by Gasteiger charge is -2.24. The van der Waals surface area contributed by atoms with E-state index in [1.807, 2.05) is 6.07 Å². The lowest BCUT2D eigenvalue weighted by atomic mass is 10.2. The molecule has 7 heteroatoms. The van der Waals surface area contributed by atoms with Crippen LogP contribution in [0.3, 0.4) is 0 Å². The number of nitriles is 1. The van der Waals surface area contributed by atoms with Gasteiger partial charge in [-0.25, -0.2) is 4.98 Å². The molecule has 0 radical (unpaired) electrons. The zero-order chi connectivity index (χ0) is 13.1. The first-order valence-electron chi connectivity index (χ1n) is 5.62. The van der Waals surface area contributed by atoms with Gasteiger partial charge in [0.1, 0.15) is 11.6 Å². The third kappa shape index (κ3) is 2.10. The molecule has 0 aromatic carbocycles. The van der Waals surface area contributed by atoms with Crippen molar-refractivity contribution < 1.29 is 4.92 Å². The van der Waals surface area contributed by atoms with Crippen molar-refractivity contribution in [3.05, 3.63) is 27.9 Å². The molecule has 7 nitrogen and oxygen atoms in total. The molecular weight excluding hydrogens is 234 g/mol. The Morgan fingerprint density at radius 1 is 1.72 bits per heavy atom. The molecule has 0 amide bonds. The minimum Gasteiger partial charge on any atom is -0.350 e. The highest BCUT2D eigenvalue weighted by Crippen LogP contribution is 2.30. The number of anilines is 1. The van der Waals surface area contributed by atoms with Crippen LogP contribution in [0, 0.1) is 21.4 Å². The Kier molecular flexibility index (Phi) is 3.39. The van der Waals surface area contributed by atoms with Crippen LogP contribution in [-0.2, 0) is 0 Å². The van der Waals surface area contributed by atoms with Crippen LogP contribution in [0.25, 0.3) is 0 Å². The van der Waals surface area contributed by atoms with Gasteiger partial charge in [0, 0.05) is 25.8 Å². The molecule has 1 N–H and O–H groups in total. The highest BCUT2D eigenvalue weighted by Gasteiger charge is 2.28. The van der Waals surface area contributed by atoms with Crippen LogP contribution in [-0.4, -0.2) is 36.1 Å². The SMILES string of the molecule is CN(c1nccc(C#N)c1[N+](=O)[O-])C1CCNC1. The first-order valence-corrected chi connectivity index (χ1v) is 5.62. The molecule has 1 atom stereocenters. The number of nitrogens with zero attached hydrogens (tertiary/aromatic N) is 4. The van der Waals surface area contributed by atoms with Gasteiger partial charge >= 0.3 is 5.69 Å². The lowest BCUT2D eigenvalue weighted by Crippen LogP contribution is -2.34. The standard InChI is InChI=1S/C11H13N5O2/c1-15(9-3-4-13-7-9)11-10(16(17)18)8(6-12)2-5-14-11/h2,5,9,13H,3-4,7H2,1H3. The Bertz CT molecular complexity index is 505. The zero-order valence-corrected chi connectivity index (χ0v) is 9.96. The highest BCUT2D eigenvalue weighted by molar-refractivity contribution is 5.65. The number of likely N-dealkylation sites (N-methyl/N-ethyl adjacent to an activating group) is 1. The second kappa shape index (κ2) is 4.98. The summed E-state index contributed by atoms with van der Waals surface area (Å²) in [6.07, 6.45) is 2.34. The average molecular weight is 247 g/mol. The van der Waals surface area contributed by atoms with E-state index in [1.54, 1.807) is 11.9 Å². The Balaban J connectivity index is 2.43. The van der Waals surface area contributed by atoms with Gasteiger partial charge in [0.25, 0.3) is 0 Å². The van der Waals surface area contributed by atoms with Gasteiger partial charge < -0.3 is 10.2 Å². The summed E-state index contributed by atoms with van der Waals surface area (Å²) >= 11 is 0. The zero-order valence-electron chi connectivity index (χ0n) is 9.96. The maximum absolute atomic E-state index is 11.1. The van der Waals surface area contributed by atoms with Crippen LogP contribution in [0.1, 0.15) is 12.0 Å². The number of nitrogens with one attached hydrogen (secondary N) is 1. The lowest BCUT2D eigenvalue weighted by molar-refractivity contribution is -0.384. The smallest absolute Gasteiger partial charge is 0.329 e. The average Bonchev–Trinajstić information content (AvgIpc) is 2.90. The molecule has 1 unspecified atom stereocenters. The monoisotopic (exact) mass is 247 g/mol. The van der Waals surface area contributed by atoms with Crippen molar-refractivity contribution >= 4 is 11.5 Å². The summed E-state index contributed by atoms with van der Waals surface area (Å²) in [5.74, 6) is 0.257. The van der Waals surface area contributed by atoms with E-state index in [9.17, 15) is 10.1 Å². The molecule has 2 heterocycles. The van der Waals surface area contributed by atoms with Gasteiger partial charge in [-0.05, 0) is 19.0 Å². The molecule has 0 saturated carbocycles. The Morgan fingerprint density at radius 2 is 2.50 bits per heavy atom.